The normalized spacial score (nSPS) is 14.9. The Bertz CT molecular complexity index is 467. The number of aliphatic hydroxyl groups is 2. The van der Waals surface area contributed by atoms with Crippen LogP contribution in [0.15, 0.2) is 60.7 Å². The Morgan fingerprint density at radius 3 is 1.32 bits per heavy atom. The molecule has 0 amide bonds. The molecule has 0 radical (unpaired) electrons. The Hall–Kier alpha value is -1.78. The van der Waals surface area contributed by atoms with E-state index in [1.54, 1.807) is 36.4 Å². The Labute approximate surface area is 110 Å². The molecule has 0 fully saturated rings. The van der Waals surface area contributed by atoms with Crippen LogP contribution in [-0.4, -0.2) is 16.1 Å². The molecule has 0 heterocycles. The summed E-state index contributed by atoms with van der Waals surface area (Å²) in [5.74, 6) is -3.66. The van der Waals surface area contributed by atoms with Crippen LogP contribution in [0.4, 0.5) is 8.78 Å². The van der Waals surface area contributed by atoms with Gasteiger partial charge in [0.2, 0.25) is 0 Å². The third-order valence-electron chi connectivity index (χ3n) is 2.96. The lowest BCUT2D eigenvalue weighted by molar-refractivity contribution is -0.181. The Kier molecular flexibility index (Phi) is 3.93. The predicted molar refractivity (Wildman–Crippen MR) is 67.8 cm³/mol. The van der Waals surface area contributed by atoms with Crippen molar-refractivity contribution in [2.75, 3.05) is 0 Å². The van der Waals surface area contributed by atoms with Gasteiger partial charge >= 0.3 is 5.92 Å². The molecule has 2 aromatic rings. The second-order valence-corrected chi connectivity index (χ2v) is 4.30. The fourth-order valence-electron chi connectivity index (χ4n) is 1.86. The molecule has 2 rings (SSSR count). The van der Waals surface area contributed by atoms with Crippen LogP contribution in [0.1, 0.15) is 23.3 Å². The first-order valence-corrected chi connectivity index (χ1v) is 5.87. The van der Waals surface area contributed by atoms with Crippen molar-refractivity contribution in [3.8, 4) is 0 Å². The monoisotopic (exact) mass is 264 g/mol. The molecule has 2 nitrogen and oxygen atoms in total. The van der Waals surface area contributed by atoms with Gasteiger partial charge in [0.05, 0.1) is 0 Å². The topological polar surface area (TPSA) is 40.5 Å². The van der Waals surface area contributed by atoms with E-state index in [1.807, 2.05) is 0 Å². The van der Waals surface area contributed by atoms with Crippen LogP contribution in [0, 0.1) is 0 Å². The summed E-state index contributed by atoms with van der Waals surface area (Å²) in [7, 11) is 0. The highest BCUT2D eigenvalue weighted by Gasteiger charge is 2.47. The molecule has 0 bridgehead atoms. The van der Waals surface area contributed by atoms with Gasteiger partial charge in [0, 0.05) is 0 Å². The van der Waals surface area contributed by atoms with Gasteiger partial charge in [-0.05, 0) is 11.1 Å². The van der Waals surface area contributed by atoms with Gasteiger partial charge in [-0.3, -0.25) is 0 Å². The van der Waals surface area contributed by atoms with Gasteiger partial charge in [-0.15, -0.1) is 0 Å². The Balaban J connectivity index is 2.27. The van der Waals surface area contributed by atoms with E-state index in [0.29, 0.717) is 0 Å². The largest absolute Gasteiger partial charge is 0.382 e. The van der Waals surface area contributed by atoms with Gasteiger partial charge < -0.3 is 10.2 Å². The van der Waals surface area contributed by atoms with Crippen LogP contribution in [-0.2, 0) is 0 Å². The van der Waals surface area contributed by atoms with Crippen molar-refractivity contribution in [2.24, 2.45) is 0 Å². The van der Waals surface area contributed by atoms with Crippen molar-refractivity contribution in [1.82, 2.24) is 0 Å². The standard InChI is InChI=1S/C15H14F2O2/c16-15(17,13(18)11-7-3-1-4-8-11)14(19)12-9-5-2-6-10-12/h1-10,13-14,18-19H/t13-,14+. The lowest BCUT2D eigenvalue weighted by Crippen LogP contribution is -2.33. The maximum Gasteiger partial charge on any atom is 0.306 e. The first-order valence-electron chi connectivity index (χ1n) is 5.87. The Morgan fingerprint density at radius 1 is 0.684 bits per heavy atom. The van der Waals surface area contributed by atoms with Gasteiger partial charge in [-0.25, -0.2) is 8.78 Å². The third-order valence-corrected chi connectivity index (χ3v) is 2.96. The zero-order valence-corrected chi connectivity index (χ0v) is 10.1. The summed E-state index contributed by atoms with van der Waals surface area (Å²) in [5, 5.41) is 19.5. The maximum atomic E-state index is 14.1. The molecule has 4 heteroatoms. The molecule has 2 N–H and O–H groups in total. The highest BCUT2D eigenvalue weighted by atomic mass is 19.3. The molecule has 0 aliphatic rings. The summed E-state index contributed by atoms with van der Waals surface area (Å²) in [6.07, 6.45) is -4.10. The molecule has 0 aromatic heterocycles. The molecule has 2 aromatic carbocycles. The summed E-state index contributed by atoms with van der Waals surface area (Å²) < 4.78 is 28.2. The molecule has 0 aliphatic heterocycles. The molecule has 0 aliphatic carbocycles. The van der Waals surface area contributed by atoms with E-state index in [2.05, 4.69) is 0 Å². The molecule has 19 heavy (non-hydrogen) atoms. The van der Waals surface area contributed by atoms with Crippen LogP contribution < -0.4 is 0 Å². The average Bonchev–Trinajstić information content (AvgIpc) is 2.47. The quantitative estimate of drug-likeness (QED) is 0.890. The molecule has 0 saturated heterocycles. The first kappa shape index (κ1) is 13.6. The summed E-state index contributed by atoms with van der Waals surface area (Å²) in [4.78, 5) is 0. The molecule has 100 valence electrons. The van der Waals surface area contributed by atoms with E-state index in [0.717, 1.165) is 0 Å². The Morgan fingerprint density at radius 2 is 1.00 bits per heavy atom. The molecule has 0 saturated carbocycles. The number of benzene rings is 2. The number of hydrogen-bond donors (Lipinski definition) is 2. The van der Waals surface area contributed by atoms with Gasteiger partial charge in [-0.2, -0.15) is 0 Å². The second kappa shape index (κ2) is 5.47. The van der Waals surface area contributed by atoms with Gasteiger partial charge in [0.25, 0.3) is 0 Å². The van der Waals surface area contributed by atoms with E-state index in [1.165, 1.54) is 24.3 Å². The summed E-state index contributed by atoms with van der Waals surface area (Å²) >= 11 is 0. The van der Waals surface area contributed by atoms with E-state index in [4.69, 9.17) is 0 Å². The molecular formula is C15H14F2O2. The SMILES string of the molecule is O[C@H](c1ccccc1)C(F)(F)[C@@H](O)c1ccccc1. The number of aliphatic hydroxyl groups excluding tert-OH is 2. The first-order chi connectivity index (χ1) is 9.03. The summed E-state index contributed by atoms with van der Waals surface area (Å²) in [5.41, 5.74) is 0.143. The van der Waals surface area contributed by atoms with E-state index in [-0.39, 0.29) is 11.1 Å². The highest BCUT2D eigenvalue weighted by molar-refractivity contribution is 5.24. The lowest BCUT2D eigenvalue weighted by Gasteiger charge is -2.27. The minimum absolute atomic E-state index is 0.0717. The summed E-state index contributed by atoms with van der Waals surface area (Å²) in [6.45, 7) is 0. The van der Waals surface area contributed by atoms with E-state index < -0.39 is 18.1 Å². The van der Waals surface area contributed by atoms with Crippen molar-refractivity contribution in [3.63, 3.8) is 0 Å². The second-order valence-electron chi connectivity index (χ2n) is 4.30. The van der Waals surface area contributed by atoms with Gasteiger partial charge in [-0.1, -0.05) is 60.7 Å². The van der Waals surface area contributed by atoms with Crippen LogP contribution in [0.25, 0.3) is 0 Å². The van der Waals surface area contributed by atoms with Crippen LogP contribution in [0.2, 0.25) is 0 Å². The average molecular weight is 264 g/mol. The fourth-order valence-corrected chi connectivity index (χ4v) is 1.86. The van der Waals surface area contributed by atoms with Gasteiger partial charge in [0.15, 0.2) is 0 Å². The van der Waals surface area contributed by atoms with Crippen LogP contribution >= 0.6 is 0 Å². The van der Waals surface area contributed by atoms with Gasteiger partial charge in [0.1, 0.15) is 12.2 Å². The molecule has 0 spiro atoms. The van der Waals surface area contributed by atoms with E-state index >= 15 is 0 Å². The third kappa shape index (κ3) is 2.80. The molecule has 0 unspecified atom stereocenters. The van der Waals surface area contributed by atoms with Crippen molar-refractivity contribution in [2.45, 2.75) is 18.1 Å². The number of halogens is 2. The molecule has 2 atom stereocenters. The fraction of sp³-hybridized carbons (Fsp3) is 0.200. The number of hydrogen-bond acceptors (Lipinski definition) is 2. The minimum Gasteiger partial charge on any atom is -0.382 e. The smallest absolute Gasteiger partial charge is 0.306 e. The van der Waals surface area contributed by atoms with Crippen LogP contribution in [0.5, 0.6) is 0 Å². The van der Waals surface area contributed by atoms with Crippen molar-refractivity contribution in [3.05, 3.63) is 71.8 Å². The number of alkyl halides is 2. The maximum absolute atomic E-state index is 14.1. The zero-order valence-electron chi connectivity index (χ0n) is 10.1. The minimum atomic E-state index is -3.66. The van der Waals surface area contributed by atoms with Crippen molar-refractivity contribution < 1.29 is 19.0 Å². The van der Waals surface area contributed by atoms with Crippen LogP contribution in [0.3, 0.4) is 0 Å². The predicted octanol–water partition coefficient (Wildman–Crippen LogP) is 3.09. The lowest BCUT2D eigenvalue weighted by atomic mass is 9.95. The summed E-state index contributed by atoms with van der Waals surface area (Å²) in [6, 6.07) is 15.2. The zero-order chi connectivity index (χ0) is 13.9. The molecular weight excluding hydrogens is 250 g/mol. The van der Waals surface area contributed by atoms with E-state index in [9.17, 15) is 19.0 Å². The number of rotatable bonds is 4. The van der Waals surface area contributed by atoms with Crippen molar-refractivity contribution in [1.29, 1.82) is 0 Å². The van der Waals surface area contributed by atoms with Crippen molar-refractivity contribution >= 4 is 0 Å². The highest BCUT2D eigenvalue weighted by Crippen LogP contribution is 2.41.